The Hall–Kier alpha value is -1.57. The van der Waals surface area contributed by atoms with Gasteiger partial charge in [0.15, 0.2) is 4.77 Å². The number of benzene rings is 1. The van der Waals surface area contributed by atoms with Gasteiger partial charge in [-0.05, 0) is 30.8 Å². The summed E-state index contributed by atoms with van der Waals surface area (Å²) in [6.07, 6.45) is 0.487. The van der Waals surface area contributed by atoms with Gasteiger partial charge in [0.2, 0.25) is 0 Å². The predicted molar refractivity (Wildman–Crippen MR) is 81.4 cm³/mol. The Bertz CT molecular complexity index is 849. The SMILES string of the molecule is O=c1[nH]c(=S)[nH]c2c1CCN(Cc1c(F)ccc(Cl)c1F)C2. The number of aromatic nitrogens is 2. The fourth-order valence-electron chi connectivity index (χ4n) is 2.60. The second-order valence-electron chi connectivity index (χ2n) is 5.15. The molecule has 0 amide bonds. The highest BCUT2D eigenvalue weighted by atomic mass is 35.5. The van der Waals surface area contributed by atoms with Gasteiger partial charge in [0.05, 0.1) is 5.02 Å². The van der Waals surface area contributed by atoms with Crippen molar-refractivity contribution in [3.05, 3.63) is 60.7 Å². The molecule has 0 unspecified atom stereocenters. The van der Waals surface area contributed by atoms with Crippen LogP contribution in [0.15, 0.2) is 16.9 Å². The van der Waals surface area contributed by atoms with Crippen LogP contribution >= 0.6 is 23.8 Å². The minimum atomic E-state index is -0.744. The number of hydrogen-bond acceptors (Lipinski definition) is 3. The third-order valence-corrected chi connectivity index (χ3v) is 4.21. The second-order valence-corrected chi connectivity index (χ2v) is 5.96. The standard InChI is InChI=1S/C14H12ClF2N3OS/c15-9-1-2-10(16)8(12(9)17)5-20-4-3-7-11(6-20)18-14(22)19-13(7)21/h1-2H,3-6H2,(H2,18,19,21,22). The molecular weight excluding hydrogens is 332 g/mol. The first-order valence-electron chi connectivity index (χ1n) is 6.65. The highest BCUT2D eigenvalue weighted by Crippen LogP contribution is 2.24. The van der Waals surface area contributed by atoms with E-state index in [1.165, 1.54) is 6.07 Å². The molecule has 0 radical (unpaired) electrons. The van der Waals surface area contributed by atoms with Crippen LogP contribution in [0.25, 0.3) is 0 Å². The highest BCUT2D eigenvalue weighted by molar-refractivity contribution is 7.71. The molecule has 0 spiro atoms. The number of aromatic amines is 2. The van der Waals surface area contributed by atoms with Crippen molar-refractivity contribution in [2.24, 2.45) is 0 Å². The van der Waals surface area contributed by atoms with E-state index in [-0.39, 0.29) is 27.5 Å². The highest BCUT2D eigenvalue weighted by Gasteiger charge is 2.22. The van der Waals surface area contributed by atoms with Gasteiger partial charge in [0.1, 0.15) is 11.6 Å². The van der Waals surface area contributed by atoms with Crippen LogP contribution < -0.4 is 5.56 Å². The summed E-state index contributed by atoms with van der Waals surface area (Å²) in [6, 6.07) is 2.34. The van der Waals surface area contributed by atoms with Crippen LogP contribution in [-0.4, -0.2) is 21.4 Å². The number of fused-ring (bicyclic) bond motifs is 1. The fourth-order valence-corrected chi connectivity index (χ4v) is 3.00. The quantitative estimate of drug-likeness (QED) is 0.651. The Morgan fingerprint density at radius 2 is 2.09 bits per heavy atom. The van der Waals surface area contributed by atoms with Gasteiger partial charge < -0.3 is 4.98 Å². The van der Waals surface area contributed by atoms with Crippen LogP contribution in [0, 0.1) is 16.4 Å². The van der Waals surface area contributed by atoms with E-state index in [0.717, 1.165) is 6.07 Å². The molecule has 0 saturated heterocycles. The molecule has 2 heterocycles. The Kier molecular flexibility index (Phi) is 4.12. The van der Waals surface area contributed by atoms with Gasteiger partial charge in [-0.2, -0.15) is 0 Å². The van der Waals surface area contributed by atoms with Gasteiger partial charge in [-0.3, -0.25) is 14.7 Å². The lowest BCUT2D eigenvalue weighted by molar-refractivity contribution is 0.233. The molecule has 1 aliphatic heterocycles. The molecule has 4 nitrogen and oxygen atoms in total. The second kappa shape index (κ2) is 5.91. The first-order valence-corrected chi connectivity index (χ1v) is 7.43. The van der Waals surface area contributed by atoms with Gasteiger partial charge in [-0.25, -0.2) is 8.78 Å². The molecule has 0 saturated carbocycles. The van der Waals surface area contributed by atoms with Crippen LogP contribution in [-0.2, 0) is 19.5 Å². The predicted octanol–water partition coefficient (Wildman–Crippen LogP) is 2.92. The Morgan fingerprint density at radius 3 is 2.86 bits per heavy atom. The van der Waals surface area contributed by atoms with E-state index >= 15 is 0 Å². The molecular formula is C14H12ClF2N3OS. The lowest BCUT2D eigenvalue weighted by Gasteiger charge is -2.28. The molecule has 1 aromatic carbocycles. The number of hydrogen-bond donors (Lipinski definition) is 2. The zero-order valence-corrected chi connectivity index (χ0v) is 13.0. The summed E-state index contributed by atoms with van der Waals surface area (Å²) in [4.78, 5) is 19.1. The van der Waals surface area contributed by atoms with Crippen molar-refractivity contribution in [1.82, 2.24) is 14.9 Å². The minimum absolute atomic E-state index is 0.0700. The van der Waals surface area contributed by atoms with Crippen LogP contribution in [0.2, 0.25) is 5.02 Å². The third kappa shape index (κ3) is 2.84. The molecule has 2 aromatic rings. The topological polar surface area (TPSA) is 51.9 Å². The molecule has 0 bridgehead atoms. The van der Waals surface area contributed by atoms with Crippen LogP contribution in [0.4, 0.5) is 8.78 Å². The van der Waals surface area contributed by atoms with Crippen molar-refractivity contribution >= 4 is 23.8 Å². The molecule has 0 atom stereocenters. The van der Waals surface area contributed by atoms with Crippen molar-refractivity contribution in [2.75, 3.05) is 6.54 Å². The number of nitrogens with zero attached hydrogens (tertiary/aromatic N) is 1. The zero-order valence-electron chi connectivity index (χ0n) is 11.4. The summed E-state index contributed by atoms with van der Waals surface area (Å²) in [5.41, 5.74) is 1.04. The maximum atomic E-state index is 14.0. The normalized spacial score (nSPS) is 14.9. The summed E-state index contributed by atoms with van der Waals surface area (Å²) in [6.45, 7) is 0.964. The summed E-state index contributed by atoms with van der Waals surface area (Å²) >= 11 is 10.6. The van der Waals surface area contributed by atoms with Crippen LogP contribution in [0.5, 0.6) is 0 Å². The molecule has 0 fully saturated rings. The number of halogens is 3. The molecule has 116 valence electrons. The molecule has 0 aliphatic carbocycles. The van der Waals surface area contributed by atoms with E-state index < -0.39 is 11.6 Å². The smallest absolute Gasteiger partial charge is 0.255 e. The monoisotopic (exact) mass is 343 g/mol. The van der Waals surface area contributed by atoms with Crippen LogP contribution in [0.1, 0.15) is 16.8 Å². The summed E-state index contributed by atoms with van der Waals surface area (Å²) in [7, 11) is 0. The van der Waals surface area contributed by atoms with Crippen molar-refractivity contribution in [1.29, 1.82) is 0 Å². The minimum Gasteiger partial charge on any atom is -0.334 e. The largest absolute Gasteiger partial charge is 0.334 e. The van der Waals surface area contributed by atoms with Gasteiger partial charge in [-0.1, -0.05) is 11.6 Å². The average Bonchev–Trinajstić information content (AvgIpc) is 2.47. The lowest BCUT2D eigenvalue weighted by Crippen LogP contribution is -2.35. The number of nitrogens with one attached hydrogen (secondary N) is 2. The Morgan fingerprint density at radius 1 is 1.32 bits per heavy atom. The van der Waals surface area contributed by atoms with Gasteiger partial charge in [-0.15, -0.1) is 0 Å². The van der Waals surface area contributed by atoms with Crippen molar-refractivity contribution in [3.8, 4) is 0 Å². The third-order valence-electron chi connectivity index (χ3n) is 3.71. The first kappa shape index (κ1) is 15.3. The average molecular weight is 344 g/mol. The van der Waals surface area contributed by atoms with E-state index in [1.807, 2.05) is 4.90 Å². The molecule has 2 N–H and O–H groups in total. The number of H-pyrrole nitrogens is 2. The van der Waals surface area contributed by atoms with Crippen LogP contribution in [0.3, 0.4) is 0 Å². The van der Waals surface area contributed by atoms with E-state index in [9.17, 15) is 13.6 Å². The maximum Gasteiger partial charge on any atom is 0.255 e. The molecule has 22 heavy (non-hydrogen) atoms. The van der Waals surface area contributed by atoms with Crippen molar-refractivity contribution in [2.45, 2.75) is 19.5 Å². The summed E-state index contributed by atoms with van der Waals surface area (Å²) in [5, 5.41) is -0.107. The summed E-state index contributed by atoms with van der Waals surface area (Å²) < 4.78 is 28.0. The van der Waals surface area contributed by atoms with E-state index in [0.29, 0.717) is 30.8 Å². The molecule has 8 heteroatoms. The molecule has 1 aliphatic rings. The van der Waals surface area contributed by atoms with E-state index in [2.05, 4.69) is 9.97 Å². The zero-order chi connectivity index (χ0) is 15.9. The van der Waals surface area contributed by atoms with Crippen molar-refractivity contribution < 1.29 is 8.78 Å². The lowest BCUT2D eigenvalue weighted by atomic mass is 10.1. The maximum absolute atomic E-state index is 14.0. The van der Waals surface area contributed by atoms with Gasteiger partial charge in [0, 0.05) is 36.5 Å². The first-order chi connectivity index (χ1) is 10.5. The van der Waals surface area contributed by atoms with Crippen molar-refractivity contribution in [3.63, 3.8) is 0 Å². The van der Waals surface area contributed by atoms with E-state index in [4.69, 9.17) is 23.8 Å². The fraction of sp³-hybridized carbons (Fsp3) is 0.286. The van der Waals surface area contributed by atoms with Gasteiger partial charge in [0.25, 0.3) is 5.56 Å². The van der Waals surface area contributed by atoms with Gasteiger partial charge >= 0.3 is 0 Å². The number of rotatable bonds is 2. The Labute approximate surface area is 134 Å². The molecule has 1 aromatic heterocycles. The molecule has 3 rings (SSSR count). The Balaban J connectivity index is 1.89. The summed E-state index contributed by atoms with van der Waals surface area (Å²) in [5.74, 6) is -1.38. The van der Waals surface area contributed by atoms with E-state index in [1.54, 1.807) is 0 Å².